The molecule has 0 aliphatic carbocycles. The number of hydrogen-bond acceptors (Lipinski definition) is 6. The van der Waals surface area contributed by atoms with Crippen molar-refractivity contribution < 1.29 is 14.5 Å². The van der Waals surface area contributed by atoms with Crippen molar-refractivity contribution in [3.8, 4) is 11.4 Å². The van der Waals surface area contributed by atoms with Gasteiger partial charge in [0.15, 0.2) is 5.69 Å². The summed E-state index contributed by atoms with van der Waals surface area (Å²) >= 11 is 0. The Morgan fingerprint density at radius 1 is 1.22 bits per heavy atom. The van der Waals surface area contributed by atoms with Gasteiger partial charge in [-0.3, -0.25) is 14.9 Å². The van der Waals surface area contributed by atoms with Crippen LogP contribution in [0, 0.1) is 17.0 Å². The standard InChI is InChI=1S/C18H17N5O4/c1-13-17(18(24)19-10-11-27-16-8-3-2-4-9-16)20-21-22(13)14-6-5-7-15(12-14)23(25)26/h2-9,12H,10-11H2,1H3,(H,19,24). The molecule has 2 aromatic carbocycles. The van der Waals surface area contributed by atoms with Crippen LogP contribution in [-0.4, -0.2) is 39.0 Å². The van der Waals surface area contributed by atoms with Gasteiger partial charge in [0.05, 0.1) is 22.8 Å². The normalized spacial score (nSPS) is 10.4. The summed E-state index contributed by atoms with van der Waals surface area (Å²) < 4.78 is 6.90. The molecule has 1 N–H and O–H groups in total. The summed E-state index contributed by atoms with van der Waals surface area (Å²) in [4.78, 5) is 22.7. The van der Waals surface area contributed by atoms with Crippen LogP contribution in [0.3, 0.4) is 0 Å². The molecular formula is C18H17N5O4. The third-order valence-electron chi connectivity index (χ3n) is 3.79. The van der Waals surface area contributed by atoms with Crippen molar-refractivity contribution in [3.63, 3.8) is 0 Å². The zero-order valence-electron chi connectivity index (χ0n) is 14.5. The molecule has 0 aliphatic heterocycles. The number of hydrogen-bond donors (Lipinski definition) is 1. The van der Waals surface area contributed by atoms with E-state index in [9.17, 15) is 14.9 Å². The molecule has 0 aliphatic rings. The van der Waals surface area contributed by atoms with Gasteiger partial charge in [-0.25, -0.2) is 4.68 Å². The number of amides is 1. The summed E-state index contributed by atoms with van der Waals surface area (Å²) in [5, 5.41) is 21.5. The SMILES string of the molecule is Cc1c(C(=O)NCCOc2ccccc2)nnn1-c1cccc([N+](=O)[O-])c1. The molecule has 138 valence electrons. The first-order valence-corrected chi connectivity index (χ1v) is 8.19. The van der Waals surface area contributed by atoms with Crippen LogP contribution >= 0.6 is 0 Å². The number of para-hydroxylation sites is 1. The molecule has 1 heterocycles. The Kier molecular flexibility index (Phi) is 5.41. The van der Waals surface area contributed by atoms with E-state index in [0.717, 1.165) is 5.75 Å². The second kappa shape index (κ2) is 8.09. The van der Waals surface area contributed by atoms with Gasteiger partial charge in [0, 0.05) is 12.1 Å². The van der Waals surface area contributed by atoms with Gasteiger partial charge in [-0.15, -0.1) is 5.10 Å². The van der Waals surface area contributed by atoms with Crippen LogP contribution in [0.5, 0.6) is 5.75 Å². The molecule has 1 amide bonds. The Bertz CT molecular complexity index is 955. The van der Waals surface area contributed by atoms with E-state index in [0.29, 0.717) is 24.5 Å². The monoisotopic (exact) mass is 367 g/mol. The van der Waals surface area contributed by atoms with Crippen LogP contribution < -0.4 is 10.1 Å². The average Bonchev–Trinajstić information content (AvgIpc) is 3.07. The van der Waals surface area contributed by atoms with Gasteiger partial charge in [-0.2, -0.15) is 0 Å². The first-order valence-electron chi connectivity index (χ1n) is 8.19. The molecule has 9 heteroatoms. The van der Waals surface area contributed by atoms with E-state index in [1.807, 2.05) is 30.3 Å². The quantitative estimate of drug-likeness (QED) is 0.389. The summed E-state index contributed by atoms with van der Waals surface area (Å²) in [7, 11) is 0. The highest BCUT2D eigenvalue weighted by atomic mass is 16.6. The molecule has 0 radical (unpaired) electrons. The van der Waals surface area contributed by atoms with E-state index >= 15 is 0 Å². The van der Waals surface area contributed by atoms with Crippen LogP contribution in [0.15, 0.2) is 54.6 Å². The lowest BCUT2D eigenvalue weighted by Crippen LogP contribution is -2.29. The first kappa shape index (κ1) is 18.1. The average molecular weight is 367 g/mol. The van der Waals surface area contributed by atoms with Gasteiger partial charge >= 0.3 is 0 Å². The Labute approximate surface area is 154 Å². The van der Waals surface area contributed by atoms with Gasteiger partial charge in [0.1, 0.15) is 12.4 Å². The number of rotatable bonds is 7. The van der Waals surface area contributed by atoms with Crippen LogP contribution in [0.25, 0.3) is 5.69 Å². The topological polar surface area (TPSA) is 112 Å². The fraction of sp³-hybridized carbons (Fsp3) is 0.167. The summed E-state index contributed by atoms with van der Waals surface area (Å²) in [5.41, 5.74) is 1.03. The fourth-order valence-electron chi connectivity index (χ4n) is 2.46. The number of benzene rings is 2. The van der Waals surface area contributed by atoms with Crippen LogP contribution in [0.2, 0.25) is 0 Å². The van der Waals surface area contributed by atoms with Crippen LogP contribution in [-0.2, 0) is 0 Å². The van der Waals surface area contributed by atoms with Crippen LogP contribution in [0.4, 0.5) is 5.69 Å². The summed E-state index contributed by atoms with van der Waals surface area (Å²) in [6.07, 6.45) is 0. The third-order valence-corrected chi connectivity index (χ3v) is 3.79. The molecule has 0 saturated carbocycles. The van der Waals surface area contributed by atoms with Crippen molar-refractivity contribution in [1.29, 1.82) is 0 Å². The van der Waals surface area contributed by atoms with E-state index in [1.165, 1.54) is 16.8 Å². The molecule has 0 saturated heterocycles. The Balaban J connectivity index is 1.63. The molecule has 9 nitrogen and oxygen atoms in total. The van der Waals surface area contributed by atoms with Gasteiger partial charge in [0.25, 0.3) is 11.6 Å². The van der Waals surface area contributed by atoms with Crippen LogP contribution in [0.1, 0.15) is 16.2 Å². The molecule has 0 fully saturated rings. The zero-order chi connectivity index (χ0) is 19.2. The number of nitrogens with zero attached hydrogens (tertiary/aromatic N) is 4. The minimum Gasteiger partial charge on any atom is -0.492 e. The number of nitrogens with one attached hydrogen (secondary N) is 1. The van der Waals surface area contributed by atoms with E-state index in [-0.39, 0.29) is 17.3 Å². The van der Waals surface area contributed by atoms with Gasteiger partial charge < -0.3 is 10.1 Å². The number of ether oxygens (including phenoxy) is 1. The lowest BCUT2D eigenvalue weighted by Gasteiger charge is -2.07. The summed E-state index contributed by atoms with van der Waals surface area (Å²) in [6, 6.07) is 15.2. The second-order valence-electron chi connectivity index (χ2n) is 5.63. The van der Waals surface area contributed by atoms with Crippen molar-refractivity contribution in [2.24, 2.45) is 0 Å². The lowest BCUT2D eigenvalue weighted by atomic mass is 10.2. The highest BCUT2D eigenvalue weighted by Gasteiger charge is 2.18. The predicted octanol–water partition coefficient (Wildman–Crippen LogP) is 2.29. The van der Waals surface area contributed by atoms with E-state index in [4.69, 9.17) is 4.74 Å². The predicted molar refractivity (Wildman–Crippen MR) is 97.0 cm³/mol. The van der Waals surface area contributed by atoms with E-state index in [2.05, 4.69) is 15.6 Å². The minimum atomic E-state index is -0.490. The molecule has 0 bridgehead atoms. The minimum absolute atomic E-state index is 0.0635. The molecule has 27 heavy (non-hydrogen) atoms. The molecule has 0 atom stereocenters. The Morgan fingerprint density at radius 2 is 2.00 bits per heavy atom. The zero-order valence-corrected chi connectivity index (χ0v) is 14.5. The summed E-state index contributed by atoms with van der Waals surface area (Å²) in [6.45, 7) is 2.29. The third kappa shape index (κ3) is 4.27. The largest absolute Gasteiger partial charge is 0.492 e. The van der Waals surface area contributed by atoms with E-state index < -0.39 is 4.92 Å². The number of carbonyl (C=O) groups excluding carboxylic acids is 1. The number of carbonyl (C=O) groups is 1. The maximum atomic E-state index is 12.3. The smallest absolute Gasteiger partial charge is 0.273 e. The second-order valence-corrected chi connectivity index (χ2v) is 5.63. The molecule has 3 aromatic rings. The van der Waals surface area contributed by atoms with Gasteiger partial charge in [-0.1, -0.05) is 29.5 Å². The molecule has 0 unspecified atom stereocenters. The highest BCUT2D eigenvalue weighted by molar-refractivity contribution is 5.93. The Morgan fingerprint density at radius 3 is 2.74 bits per heavy atom. The van der Waals surface area contributed by atoms with E-state index in [1.54, 1.807) is 19.1 Å². The highest BCUT2D eigenvalue weighted by Crippen LogP contribution is 2.18. The maximum Gasteiger partial charge on any atom is 0.273 e. The number of non-ortho nitro benzene ring substituents is 1. The van der Waals surface area contributed by atoms with Crippen molar-refractivity contribution in [1.82, 2.24) is 20.3 Å². The molecule has 3 rings (SSSR count). The number of aromatic nitrogens is 3. The number of nitro benzene ring substituents is 1. The summed E-state index contributed by atoms with van der Waals surface area (Å²) in [5.74, 6) is 0.334. The first-order chi connectivity index (χ1) is 13.1. The van der Waals surface area contributed by atoms with Gasteiger partial charge in [0.2, 0.25) is 0 Å². The lowest BCUT2D eigenvalue weighted by molar-refractivity contribution is -0.384. The maximum absolute atomic E-state index is 12.3. The van der Waals surface area contributed by atoms with Crippen molar-refractivity contribution in [2.75, 3.05) is 13.2 Å². The molecule has 0 spiro atoms. The Hall–Kier alpha value is -3.75. The fourth-order valence-corrected chi connectivity index (χ4v) is 2.46. The van der Waals surface area contributed by atoms with Crippen molar-refractivity contribution in [3.05, 3.63) is 76.1 Å². The van der Waals surface area contributed by atoms with Crippen molar-refractivity contribution >= 4 is 11.6 Å². The van der Waals surface area contributed by atoms with Crippen molar-refractivity contribution in [2.45, 2.75) is 6.92 Å². The van der Waals surface area contributed by atoms with Gasteiger partial charge in [-0.05, 0) is 25.1 Å². The number of nitro groups is 1. The molecular weight excluding hydrogens is 350 g/mol. The molecule has 1 aromatic heterocycles.